The molecule has 3 fully saturated rings. The van der Waals surface area contributed by atoms with Gasteiger partial charge in [-0.3, -0.25) is 24.6 Å². The highest BCUT2D eigenvalue weighted by Crippen LogP contribution is 2.38. The summed E-state index contributed by atoms with van der Waals surface area (Å²) in [6.45, 7) is 1.28. The molecule has 7 heteroatoms. The molecule has 7 nitrogen and oxygen atoms in total. The predicted molar refractivity (Wildman–Crippen MR) is 102 cm³/mol. The van der Waals surface area contributed by atoms with Crippen LogP contribution < -0.4 is 11.1 Å². The average molecular weight is 382 g/mol. The normalized spacial score (nSPS) is 29.7. The van der Waals surface area contributed by atoms with Gasteiger partial charge in [-0.15, -0.1) is 0 Å². The molecule has 2 aliphatic heterocycles. The molecule has 2 aliphatic carbocycles. The monoisotopic (exact) mass is 382 g/mol. The molecular weight excluding hydrogens is 356 g/mol. The van der Waals surface area contributed by atoms with Crippen LogP contribution in [0.5, 0.6) is 0 Å². The molecule has 148 valence electrons. The van der Waals surface area contributed by atoms with Gasteiger partial charge >= 0.3 is 0 Å². The molecule has 2 saturated carbocycles. The number of fused-ring (bicyclic) bond motifs is 1. The fourth-order valence-corrected chi connectivity index (χ4v) is 4.86. The predicted octanol–water partition coefficient (Wildman–Crippen LogP) is 0.902. The van der Waals surface area contributed by atoms with Crippen molar-refractivity contribution in [3.8, 4) is 0 Å². The van der Waals surface area contributed by atoms with Crippen LogP contribution in [0.25, 0.3) is 0 Å². The second-order valence-electron chi connectivity index (χ2n) is 8.63. The minimum atomic E-state index is -0.561. The summed E-state index contributed by atoms with van der Waals surface area (Å²) in [6, 6.07) is 6.84. The summed E-state index contributed by atoms with van der Waals surface area (Å²) >= 11 is 0. The van der Waals surface area contributed by atoms with Crippen molar-refractivity contribution in [2.24, 2.45) is 5.73 Å². The van der Waals surface area contributed by atoms with Crippen LogP contribution in [0.15, 0.2) is 18.2 Å². The van der Waals surface area contributed by atoms with Crippen molar-refractivity contribution in [2.75, 3.05) is 0 Å². The first-order valence-electron chi connectivity index (χ1n) is 10.3. The van der Waals surface area contributed by atoms with Gasteiger partial charge in [-0.05, 0) is 49.3 Å². The Morgan fingerprint density at radius 1 is 1.11 bits per heavy atom. The number of imide groups is 1. The molecule has 2 heterocycles. The summed E-state index contributed by atoms with van der Waals surface area (Å²) in [6.07, 6.45) is 5.25. The summed E-state index contributed by atoms with van der Waals surface area (Å²) in [5.41, 5.74) is 8.92. The number of hydrogen-bond donors (Lipinski definition) is 2. The van der Waals surface area contributed by atoms with Crippen LogP contribution in [0, 0.1) is 0 Å². The van der Waals surface area contributed by atoms with Crippen LogP contribution in [-0.4, -0.2) is 51.7 Å². The van der Waals surface area contributed by atoms with E-state index in [1.807, 2.05) is 12.1 Å². The maximum Gasteiger partial charge on any atom is 0.255 e. The third kappa shape index (κ3) is 3.02. The first kappa shape index (κ1) is 17.8. The first-order valence-corrected chi connectivity index (χ1v) is 10.3. The SMILES string of the molecule is NC1CC(N(Cc2cccc3c2CN(C2CCC(=O)NC2=O)C3=O)C2CC2)C1. The standard InChI is InChI=1S/C21H26N4O3/c22-13-8-15(9-13)24(14-4-5-14)10-12-2-1-3-16-17(12)11-25(21(16)28)18-6-7-19(26)23-20(18)27/h1-3,13-15,18H,4-11,22H2,(H,23,26,27). The quantitative estimate of drug-likeness (QED) is 0.738. The summed E-state index contributed by atoms with van der Waals surface area (Å²) in [5, 5.41) is 2.37. The molecule has 0 aromatic heterocycles. The van der Waals surface area contributed by atoms with E-state index in [4.69, 9.17) is 5.73 Å². The van der Waals surface area contributed by atoms with Crippen LogP contribution in [0.3, 0.4) is 0 Å². The summed E-state index contributed by atoms with van der Waals surface area (Å²) in [4.78, 5) is 40.9. The van der Waals surface area contributed by atoms with Crippen molar-refractivity contribution in [1.29, 1.82) is 0 Å². The number of carbonyl (C=O) groups is 3. The molecule has 1 unspecified atom stereocenters. The fourth-order valence-electron chi connectivity index (χ4n) is 4.86. The lowest BCUT2D eigenvalue weighted by Crippen LogP contribution is -2.52. The molecule has 4 aliphatic rings. The Labute approximate surface area is 164 Å². The molecule has 3 N–H and O–H groups in total. The van der Waals surface area contributed by atoms with E-state index < -0.39 is 6.04 Å². The van der Waals surface area contributed by atoms with Gasteiger partial charge < -0.3 is 10.6 Å². The van der Waals surface area contributed by atoms with E-state index in [2.05, 4.69) is 16.3 Å². The van der Waals surface area contributed by atoms with Crippen molar-refractivity contribution in [3.05, 3.63) is 34.9 Å². The van der Waals surface area contributed by atoms with Gasteiger partial charge in [0.05, 0.1) is 0 Å². The van der Waals surface area contributed by atoms with E-state index >= 15 is 0 Å². The zero-order chi connectivity index (χ0) is 19.4. The van der Waals surface area contributed by atoms with Crippen LogP contribution in [0.2, 0.25) is 0 Å². The summed E-state index contributed by atoms with van der Waals surface area (Å²) < 4.78 is 0. The Morgan fingerprint density at radius 2 is 1.89 bits per heavy atom. The Balaban J connectivity index is 1.37. The van der Waals surface area contributed by atoms with E-state index in [-0.39, 0.29) is 24.1 Å². The number of hydrogen-bond acceptors (Lipinski definition) is 5. The third-order valence-corrected chi connectivity index (χ3v) is 6.67. The van der Waals surface area contributed by atoms with Crippen LogP contribution in [0.4, 0.5) is 0 Å². The molecule has 1 atom stereocenters. The minimum absolute atomic E-state index is 0.102. The van der Waals surface area contributed by atoms with Crippen molar-refractivity contribution >= 4 is 17.7 Å². The molecule has 3 amide bonds. The average Bonchev–Trinajstić information content (AvgIpc) is 3.42. The molecule has 1 aromatic carbocycles. The van der Waals surface area contributed by atoms with Gasteiger partial charge in [0, 0.05) is 43.2 Å². The molecule has 0 spiro atoms. The molecule has 5 rings (SSSR count). The maximum atomic E-state index is 13.0. The van der Waals surface area contributed by atoms with Gasteiger partial charge in [0.25, 0.3) is 5.91 Å². The zero-order valence-corrected chi connectivity index (χ0v) is 15.9. The van der Waals surface area contributed by atoms with Crippen molar-refractivity contribution in [3.63, 3.8) is 0 Å². The Kier molecular flexibility index (Phi) is 4.25. The number of amides is 3. The Hall–Kier alpha value is -2.25. The van der Waals surface area contributed by atoms with Crippen molar-refractivity contribution < 1.29 is 14.4 Å². The van der Waals surface area contributed by atoms with Gasteiger partial charge in [0.1, 0.15) is 6.04 Å². The number of rotatable bonds is 5. The highest BCUT2D eigenvalue weighted by molar-refractivity contribution is 6.05. The van der Waals surface area contributed by atoms with Gasteiger partial charge in [-0.2, -0.15) is 0 Å². The van der Waals surface area contributed by atoms with Crippen LogP contribution in [-0.2, 0) is 22.7 Å². The molecule has 28 heavy (non-hydrogen) atoms. The Bertz CT molecular complexity index is 844. The largest absolute Gasteiger partial charge is 0.328 e. The van der Waals surface area contributed by atoms with Crippen LogP contribution >= 0.6 is 0 Å². The summed E-state index contributed by atoms with van der Waals surface area (Å²) in [5.74, 6) is -0.720. The highest BCUT2D eigenvalue weighted by atomic mass is 16.2. The maximum absolute atomic E-state index is 13.0. The topological polar surface area (TPSA) is 95.7 Å². The Morgan fingerprint density at radius 3 is 2.57 bits per heavy atom. The highest BCUT2D eigenvalue weighted by Gasteiger charge is 2.42. The molecule has 1 aromatic rings. The lowest BCUT2D eigenvalue weighted by molar-refractivity contribution is -0.136. The number of piperidine rings is 1. The molecule has 1 saturated heterocycles. The van der Waals surface area contributed by atoms with E-state index in [1.165, 1.54) is 18.4 Å². The lowest BCUT2D eigenvalue weighted by atomic mass is 9.85. The molecular formula is C21H26N4O3. The number of nitrogens with zero attached hydrogens (tertiary/aromatic N) is 2. The summed E-state index contributed by atoms with van der Waals surface area (Å²) in [7, 11) is 0. The van der Waals surface area contributed by atoms with Gasteiger partial charge in [-0.25, -0.2) is 0 Å². The van der Waals surface area contributed by atoms with Gasteiger partial charge in [0.15, 0.2) is 0 Å². The van der Waals surface area contributed by atoms with Gasteiger partial charge in [0.2, 0.25) is 11.8 Å². The number of carbonyl (C=O) groups excluding carboxylic acids is 3. The second-order valence-corrected chi connectivity index (χ2v) is 8.63. The number of nitrogens with one attached hydrogen (secondary N) is 1. The molecule has 0 radical (unpaired) electrons. The molecule has 0 bridgehead atoms. The van der Waals surface area contributed by atoms with Gasteiger partial charge in [-0.1, -0.05) is 12.1 Å². The third-order valence-electron chi connectivity index (χ3n) is 6.67. The fraction of sp³-hybridized carbons (Fsp3) is 0.571. The van der Waals surface area contributed by atoms with E-state index in [9.17, 15) is 14.4 Å². The number of nitrogens with two attached hydrogens (primary N) is 1. The zero-order valence-electron chi connectivity index (χ0n) is 15.9. The number of benzene rings is 1. The van der Waals surface area contributed by atoms with Crippen molar-refractivity contribution in [1.82, 2.24) is 15.1 Å². The van der Waals surface area contributed by atoms with Crippen LogP contribution in [0.1, 0.15) is 60.0 Å². The smallest absolute Gasteiger partial charge is 0.255 e. The second kappa shape index (κ2) is 6.67. The van der Waals surface area contributed by atoms with Crippen molar-refractivity contribution in [2.45, 2.75) is 75.8 Å². The first-order chi connectivity index (χ1) is 13.5. The lowest BCUT2D eigenvalue weighted by Gasteiger charge is -2.42. The van der Waals surface area contributed by atoms with E-state index in [1.54, 1.807) is 4.90 Å². The van der Waals surface area contributed by atoms with E-state index in [0.717, 1.165) is 24.9 Å². The minimum Gasteiger partial charge on any atom is -0.328 e. The van der Waals surface area contributed by atoms with E-state index in [0.29, 0.717) is 36.7 Å².